The van der Waals surface area contributed by atoms with Crippen LogP contribution in [0.25, 0.3) is 0 Å². The first kappa shape index (κ1) is 28.3. The summed E-state index contributed by atoms with van der Waals surface area (Å²) in [6.45, 7) is 11.9. The molecule has 2 aromatic rings. The van der Waals surface area contributed by atoms with Gasteiger partial charge in [0.15, 0.2) is 5.69 Å². The number of allylic oxidation sites excluding steroid dienone is 3. The number of nitrogens with zero attached hydrogens (tertiary/aromatic N) is 2. The smallest absolute Gasteiger partial charge is 0.377 e. The minimum Gasteiger partial charge on any atom is -0.377 e. The van der Waals surface area contributed by atoms with Crippen molar-refractivity contribution in [2.45, 2.75) is 70.1 Å². The zero-order valence-corrected chi connectivity index (χ0v) is 20.9. The number of aromatic nitrogens is 2. The second-order valence-corrected chi connectivity index (χ2v) is 8.51. The molecule has 0 bridgehead atoms. The SMILES string of the molecule is C/C=C\C/C(=C\C)COCC.CCCn1cnc(C(F)(F)F)c1Sc1cc(C)cc(Cl)c1. The Bertz CT molecular complexity index is 872. The maximum absolute atomic E-state index is 13.0. The van der Waals surface area contributed by atoms with Crippen molar-refractivity contribution >= 4 is 23.4 Å². The number of ether oxygens (including phenoxy) is 1. The molecule has 0 aliphatic heterocycles. The van der Waals surface area contributed by atoms with E-state index in [-0.39, 0.29) is 5.03 Å². The molecular weight excluding hydrogens is 457 g/mol. The van der Waals surface area contributed by atoms with Gasteiger partial charge in [0.1, 0.15) is 5.03 Å². The van der Waals surface area contributed by atoms with Gasteiger partial charge in [-0.25, -0.2) is 4.98 Å². The number of benzene rings is 1. The van der Waals surface area contributed by atoms with E-state index in [1.54, 1.807) is 18.2 Å². The van der Waals surface area contributed by atoms with Gasteiger partial charge in [-0.2, -0.15) is 13.2 Å². The molecule has 0 atom stereocenters. The summed E-state index contributed by atoms with van der Waals surface area (Å²) in [6.07, 6.45) is 4.86. The first-order valence-corrected chi connectivity index (χ1v) is 11.8. The van der Waals surface area contributed by atoms with E-state index in [9.17, 15) is 13.2 Å². The highest BCUT2D eigenvalue weighted by molar-refractivity contribution is 7.99. The fourth-order valence-electron chi connectivity index (χ4n) is 2.71. The van der Waals surface area contributed by atoms with Crippen LogP contribution in [0.5, 0.6) is 0 Å². The molecule has 0 spiro atoms. The van der Waals surface area contributed by atoms with Crippen molar-refractivity contribution in [2.24, 2.45) is 0 Å². The Morgan fingerprint density at radius 3 is 2.47 bits per heavy atom. The molecule has 2 rings (SSSR count). The van der Waals surface area contributed by atoms with E-state index in [1.807, 2.05) is 27.7 Å². The second kappa shape index (κ2) is 14.4. The van der Waals surface area contributed by atoms with Gasteiger partial charge in [-0.1, -0.05) is 48.5 Å². The number of halogens is 4. The number of rotatable bonds is 9. The van der Waals surface area contributed by atoms with Crippen molar-refractivity contribution in [2.75, 3.05) is 13.2 Å². The molecule has 1 heterocycles. The van der Waals surface area contributed by atoms with Crippen LogP contribution in [-0.2, 0) is 17.5 Å². The summed E-state index contributed by atoms with van der Waals surface area (Å²) in [6, 6.07) is 5.22. The second-order valence-electron chi connectivity index (χ2n) is 7.01. The molecule has 0 fully saturated rings. The predicted octanol–water partition coefficient (Wildman–Crippen LogP) is 8.36. The van der Waals surface area contributed by atoms with Crippen LogP contribution in [0.2, 0.25) is 5.02 Å². The van der Waals surface area contributed by atoms with E-state index in [0.29, 0.717) is 16.5 Å². The molecule has 178 valence electrons. The van der Waals surface area contributed by atoms with Crippen molar-refractivity contribution in [1.82, 2.24) is 9.55 Å². The van der Waals surface area contributed by atoms with E-state index in [2.05, 4.69) is 30.1 Å². The predicted molar refractivity (Wildman–Crippen MR) is 128 cm³/mol. The monoisotopic (exact) mass is 488 g/mol. The van der Waals surface area contributed by atoms with Crippen LogP contribution in [0.3, 0.4) is 0 Å². The van der Waals surface area contributed by atoms with Crippen molar-refractivity contribution in [3.05, 3.63) is 64.6 Å². The van der Waals surface area contributed by atoms with Crippen molar-refractivity contribution in [3.63, 3.8) is 0 Å². The summed E-state index contributed by atoms with van der Waals surface area (Å²) in [4.78, 5) is 4.20. The fraction of sp³-hybridized carbons (Fsp3) is 0.458. The van der Waals surface area contributed by atoms with Gasteiger partial charge in [-0.05, 0) is 69.9 Å². The zero-order chi connectivity index (χ0) is 24.1. The van der Waals surface area contributed by atoms with Gasteiger partial charge < -0.3 is 9.30 Å². The molecule has 0 N–H and O–H groups in total. The Morgan fingerprint density at radius 1 is 1.22 bits per heavy atom. The van der Waals surface area contributed by atoms with Crippen LogP contribution < -0.4 is 0 Å². The first-order chi connectivity index (χ1) is 15.2. The topological polar surface area (TPSA) is 27.1 Å². The van der Waals surface area contributed by atoms with Gasteiger partial charge in [0.25, 0.3) is 0 Å². The highest BCUT2D eigenvalue weighted by Crippen LogP contribution is 2.39. The van der Waals surface area contributed by atoms with Crippen LogP contribution in [-0.4, -0.2) is 22.8 Å². The Labute approximate surface area is 198 Å². The van der Waals surface area contributed by atoms with Gasteiger partial charge >= 0.3 is 6.18 Å². The maximum atomic E-state index is 13.0. The molecule has 0 aliphatic rings. The zero-order valence-electron chi connectivity index (χ0n) is 19.3. The molecule has 3 nitrogen and oxygen atoms in total. The molecule has 32 heavy (non-hydrogen) atoms. The van der Waals surface area contributed by atoms with Crippen LogP contribution in [0.4, 0.5) is 13.2 Å². The van der Waals surface area contributed by atoms with Crippen LogP contribution >= 0.6 is 23.4 Å². The van der Waals surface area contributed by atoms with E-state index < -0.39 is 11.9 Å². The Morgan fingerprint density at radius 2 is 1.94 bits per heavy atom. The lowest BCUT2D eigenvalue weighted by Crippen LogP contribution is -2.08. The van der Waals surface area contributed by atoms with Crippen LogP contribution in [0.1, 0.15) is 51.8 Å². The number of imidazole rings is 1. The summed E-state index contributed by atoms with van der Waals surface area (Å²) < 4.78 is 46.0. The standard InChI is InChI=1S/C14H14ClF3N2S.C10H18O/c1-3-4-20-8-19-12(14(16,17)18)13(20)21-11-6-9(2)5-10(15)7-11;1-4-7-8-10(5-2)9-11-6-3/h5-8H,3-4H2,1-2H3;4-5,7H,6,8-9H2,1-3H3/b;7-4-,10-5+. The third kappa shape index (κ3) is 9.84. The Balaban J connectivity index is 0.000000396. The van der Waals surface area contributed by atoms with Crippen molar-refractivity contribution in [3.8, 4) is 0 Å². The lowest BCUT2D eigenvalue weighted by Gasteiger charge is -2.11. The van der Waals surface area contributed by atoms with E-state index >= 15 is 0 Å². The molecule has 0 saturated heterocycles. The molecule has 0 amide bonds. The highest BCUT2D eigenvalue weighted by atomic mass is 35.5. The lowest BCUT2D eigenvalue weighted by atomic mass is 10.2. The number of hydrogen-bond acceptors (Lipinski definition) is 3. The van der Waals surface area contributed by atoms with E-state index in [4.69, 9.17) is 16.3 Å². The molecule has 1 aromatic heterocycles. The summed E-state index contributed by atoms with van der Waals surface area (Å²) in [5.74, 6) is 0. The van der Waals surface area contributed by atoms with E-state index in [0.717, 1.165) is 43.4 Å². The summed E-state index contributed by atoms with van der Waals surface area (Å²) in [5.41, 5.74) is 1.41. The highest BCUT2D eigenvalue weighted by Gasteiger charge is 2.37. The lowest BCUT2D eigenvalue weighted by molar-refractivity contribution is -0.143. The molecule has 0 unspecified atom stereocenters. The molecular formula is C24H32ClF3N2OS. The van der Waals surface area contributed by atoms with Gasteiger partial charge in [0.2, 0.25) is 0 Å². The van der Waals surface area contributed by atoms with Gasteiger partial charge in [0.05, 0.1) is 12.9 Å². The molecule has 0 saturated carbocycles. The number of alkyl halides is 3. The number of hydrogen-bond donors (Lipinski definition) is 0. The average molecular weight is 489 g/mol. The van der Waals surface area contributed by atoms with Gasteiger partial charge in [0, 0.05) is 23.1 Å². The van der Waals surface area contributed by atoms with Gasteiger partial charge in [-0.3, -0.25) is 0 Å². The maximum Gasteiger partial charge on any atom is 0.436 e. The molecule has 1 aromatic carbocycles. The van der Waals surface area contributed by atoms with Crippen LogP contribution in [0, 0.1) is 6.92 Å². The summed E-state index contributed by atoms with van der Waals surface area (Å²) in [7, 11) is 0. The number of aryl methyl sites for hydroxylation is 2. The Hall–Kier alpha value is -1.70. The molecule has 8 heteroatoms. The third-order valence-electron chi connectivity index (χ3n) is 4.27. The molecule has 0 radical (unpaired) electrons. The normalized spacial score (nSPS) is 12.2. The Kier molecular flexibility index (Phi) is 12.8. The van der Waals surface area contributed by atoms with Crippen molar-refractivity contribution in [1.29, 1.82) is 0 Å². The quantitative estimate of drug-likeness (QED) is 0.332. The summed E-state index contributed by atoms with van der Waals surface area (Å²) in [5, 5.41) is 0.610. The van der Waals surface area contributed by atoms with E-state index in [1.165, 1.54) is 16.5 Å². The first-order valence-electron chi connectivity index (χ1n) is 10.6. The third-order valence-corrected chi connectivity index (χ3v) is 5.58. The average Bonchev–Trinajstić information content (AvgIpc) is 3.11. The summed E-state index contributed by atoms with van der Waals surface area (Å²) >= 11 is 7.00. The van der Waals surface area contributed by atoms with Crippen molar-refractivity contribution < 1.29 is 17.9 Å². The van der Waals surface area contributed by atoms with Gasteiger partial charge in [-0.15, -0.1) is 0 Å². The minimum absolute atomic E-state index is 0.103. The fourth-order valence-corrected chi connectivity index (χ4v) is 4.24. The largest absolute Gasteiger partial charge is 0.436 e. The van der Waals surface area contributed by atoms with Crippen LogP contribution in [0.15, 0.2) is 58.2 Å². The molecule has 0 aliphatic carbocycles. The minimum atomic E-state index is -4.46.